The van der Waals surface area contributed by atoms with Gasteiger partial charge in [0.25, 0.3) is 0 Å². The van der Waals surface area contributed by atoms with Crippen molar-refractivity contribution in [2.75, 3.05) is 5.75 Å². The van der Waals surface area contributed by atoms with E-state index in [0.29, 0.717) is 12.1 Å². The SMILES string of the molecule is CC(C)CC1CSC(=NC2CCC(C)CC2C)N1. The summed E-state index contributed by atoms with van der Waals surface area (Å²) < 4.78 is 0. The molecular formula is C15H28N2S. The molecule has 2 nitrogen and oxygen atoms in total. The average molecular weight is 268 g/mol. The monoisotopic (exact) mass is 268 g/mol. The molecule has 2 rings (SSSR count). The van der Waals surface area contributed by atoms with E-state index in [4.69, 9.17) is 4.99 Å². The maximum atomic E-state index is 4.98. The zero-order chi connectivity index (χ0) is 13.1. The molecule has 1 aliphatic heterocycles. The fourth-order valence-electron chi connectivity index (χ4n) is 3.20. The van der Waals surface area contributed by atoms with E-state index in [1.54, 1.807) is 0 Å². The number of aliphatic imine (C=N–C) groups is 1. The highest BCUT2D eigenvalue weighted by atomic mass is 32.2. The van der Waals surface area contributed by atoms with Crippen LogP contribution in [0.4, 0.5) is 0 Å². The molecule has 1 N–H and O–H groups in total. The zero-order valence-electron chi connectivity index (χ0n) is 12.3. The average Bonchev–Trinajstić information content (AvgIpc) is 2.69. The second-order valence-corrected chi connectivity index (χ2v) is 7.69. The van der Waals surface area contributed by atoms with Gasteiger partial charge < -0.3 is 5.32 Å². The third-order valence-corrected chi connectivity index (χ3v) is 5.24. The third-order valence-electron chi connectivity index (χ3n) is 4.17. The summed E-state index contributed by atoms with van der Waals surface area (Å²) in [4.78, 5) is 4.98. The van der Waals surface area contributed by atoms with Gasteiger partial charge in [0.05, 0.1) is 6.04 Å². The molecule has 0 radical (unpaired) electrons. The number of amidine groups is 1. The van der Waals surface area contributed by atoms with Gasteiger partial charge in [0, 0.05) is 11.8 Å². The fourth-order valence-corrected chi connectivity index (χ4v) is 4.24. The van der Waals surface area contributed by atoms with Crippen molar-refractivity contribution >= 4 is 16.9 Å². The summed E-state index contributed by atoms with van der Waals surface area (Å²) in [6.45, 7) is 9.34. The minimum atomic E-state index is 0.564. The number of rotatable bonds is 3. The first-order valence-corrected chi connectivity index (χ1v) is 8.50. The van der Waals surface area contributed by atoms with E-state index in [2.05, 4.69) is 33.0 Å². The highest BCUT2D eigenvalue weighted by Crippen LogP contribution is 2.31. The Morgan fingerprint density at radius 1 is 1.33 bits per heavy atom. The lowest BCUT2D eigenvalue weighted by atomic mass is 9.80. The second kappa shape index (κ2) is 6.31. The van der Waals surface area contributed by atoms with Gasteiger partial charge in [0.1, 0.15) is 0 Å². The predicted octanol–water partition coefficient (Wildman–Crippen LogP) is 3.92. The van der Waals surface area contributed by atoms with Crippen molar-refractivity contribution in [3.05, 3.63) is 0 Å². The maximum absolute atomic E-state index is 4.98. The molecule has 0 amide bonds. The van der Waals surface area contributed by atoms with E-state index >= 15 is 0 Å². The minimum absolute atomic E-state index is 0.564. The molecule has 1 saturated heterocycles. The first-order valence-electron chi connectivity index (χ1n) is 7.51. The van der Waals surface area contributed by atoms with E-state index in [1.165, 1.54) is 36.6 Å². The maximum Gasteiger partial charge on any atom is 0.157 e. The summed E-state index contributed by atoms with van der Waals surface area (Å²) in [5.74, 6) is 3.63. The molecule has 3 heteroatoms. The molecule has 0 aromatic rings. The summed E-state index contributed by atoms with van der Waals surface area (Å²) >= 11 is 1.93. The largest absolute Gasteiger partial charge is 0.361 e. The van der Waals surface area contributed by atoms with Crippen LogP contribution in [0, 0.1) is 17.8 Å². The zero-order valence-corrected chi connectivity index (χ0v) is 13.1. The van der Waals surface area contributed by atoms with E-state index in [9.17, 15) is 0 Å². The van der Waals surface area contributed by atoms with Crippen molar-refractivity contribution in [2.45, 2.75) is 65.5 Å². The first kappa shape index (κ1) is 14.2. The Balaban J connectivity index is 1.86. The molecule has 1 saturated carbocycles. The first-order chi connectivity index (χ1) is 8.54. The molecule has 2 aliphatic rings. The molecular weight excluding hydrogens is 240 g/mol. The van der Waals surface area contributed by atoms with E-state index in [0.717, 1.165) is 17.8 Å². The number of hydrogen-bond donors (Lipinski definition) is 1. The van der Waals surface area contributed by atoms with Crippen LogP contribution < -0.4 is 5.32 Å². The molecule has 4 atom stereocenters. The summed E-state index contributed by atoms with van der Waals surface area (Å²) in [6.07, 6.45) is 5.25. The van der Waals surface area contributed by atoms with Gasteiger partial charge in [-0.15, -0.1) is 0 Å². The molecule has 2 fully saturated rings. The van der Waals surface area contributed by atoms with Gasteiger partial charge in [-0.05, 0) is 43.4 Å². The van der Waals surface area contributed by atoms with Gasteiger partial charge in [-0.2, -0.15) is 0 Å². The van der Waals surface area contributed by atoms with Crippen molar-refractivity contribution < 1.29 is 0 Å². The highest BCUT2D eigenvalue weighted by Gasteiger charge is 2.27. The molecule has 18 heavy (non-hydrogen) atoms. The van der Waals surface area contributed by atoms with Gasteiger partial charge >= 0.3 is 0 Å². The number of thioether (sulfide) groups is 1. The van der Waals surface area contributed by atoms with Crippen molar-refractivity contribution in [2.24, 2.45) is 22.7 Å². The van der Waals surface area contributed by atoms with Crippen LogP contribution in [0.5, 0.6) is 0 Å². The van der Waals surface area contributed by atoms with Crippen LogP contribution >= 0.6 is 11.8 Å². The molecule has 1 aliphatic carbocycles. The Bertz CT molecular complexity index is 301. The summed E-state index contributed by atoms with van der Waals surface area (Å²) in [5.41, 5.74) is 0. The Labute approximate surface area is 116 Å². The van der Waals surface area contributed by atoms with E-state index < -0.39 is 0 Å². The Kier molecular flexibility index (Phi) is 4.99. The second-order valence-electron chi connectivity index (χ2n) is 6.68. The molecule has 0 aromatic heterocycles. The number of nitrogens with zero attached hydrogens (tertiary/aromatic N) is 1. The Hall–Kier alpha value is -0.180. The van der Waals surface area contributed by atoms with Crippen molar-refractivity contribution in [3.8, 4) is 0 Å². The van der Waals surface area contributed by atoms with E-state index in [1.807, 2.05) is 11.8 Å². The normalized spacial score (nSPS) is 39.3. The topological polar surface area (TPSA) is 24.4 Å². The lowest BCUT2D eigenvalue weighted by Crippen LogP contribution is -2.31. The molecule has 4 unspecified atom stereocenters. The van der Waals surface area contributed by atoms with Crippen molar-refractivity contribution in [1.82, 2.24) is 5.32 Å². The fraction of sp³-hybridized carbons (Fsp3) is 0.933. The van der Waals surface area contributed by atoms with Crippen molar-refractivity contribution in [1.29, 1.82) is 0 Å². The van der Waals surface area contributed by atoms with Crippen LogP contribution in [-0.2, 0) is 0 Å². The van der Waals surface area contributed by atoms with Crippen LogP contribution in [0.2, 0.25) is 0 Å². The van der Waals surface area contributed by atoms with Gasteiger partial charge in [0.2, 0.25) is 0 Å². The number of nitrogens with one attached hydrogen (secondary N) is 1. The lowest BCUT2D eigenvalue weighted by Gasteiger charge is -2.30. The van der Waals surface area contributed by atoms with Crippen LogP contribution in [0.1, 0.15) is 53.4 Å². The quantitative estimate of drug-likeness (QED) is 0.839. The van der Waals surface area contributed by atoms with Gasteiger partial charge in [-0.25, -0.2) is 0 Å². The molecule has 104 valence electrons. The third kappa shape index (κ3) is 3.91. The van der Waals surface area contributed by atoms with Gasteiger partial charge in [-0.1, -0.05) is 39.5 Å². The van der Waals surface area contributed by atoms with Crippen LogP contribution in [0.25, 0.3) is 0 Å². The summed E-state index contributed by atoms with van der Waals surface area (Å²) in [7, 11) is 0. The molecule has 1 heterocycles. The smallest absolute Gasteiger partial charge is 0.157 e. The summed E-state index contributed by atoms with van der Waals surface area (Å²) in [6, 6.07) is 1.21. The van der Waals surface area contributed by atoms with Gasteiger partial charge in [0.15, 0.2) is 5.17 Å². The van der Waals surface area contributed by atoms with Crippen LogP contribution in [0.15, 0.2) is 4.99 Å². The predicted molar refractivity (Wildman–Crippen MR) is 82.2 cm³/mol. The standard InChI is InChI=1S/C15H28N2S/c1-10(2)7-13-9-18-15(16-13)17-14-6-5-11(3)8-12(14)4/h10-14H,5-9H2,1-4H3,(H,16,17). The molecule has 0 aromatic carbocycles. The highest BCUT2D eigenvalue weighted by molar-refractivity contribution is 8.14. The Morgan fingerprint density at radius 2 is 2.11 bits per heavy atom. The minimum Gasteiger partial charge on any atom is -0.361 e. The molecule has 0 bridgehead atoms. The Morgan fingerprint density at radius 3 is 2.78 bits per heavy atom. The van der Waals surface area contributed by atoms with E-state index in [-0.39, 0.29) is 0 Å². The van der Waals surface area contributed by atoms with Crippen LogP contribution in [-0.4, -0.2) is 23.0 Å². The summed E-state index contributed by atoms with van der Waals surface area (Å²) in [5, 5.41) is 4.83. The van der Waals surface area contributed by atoms with Crippen molar-refractivity contribution in [3.63, 3.8) is 0 Å². The van der Waals surface area contributed by atoms with Crippen LogP contribution in [0.3, 0.4) is 0 Å². The lowest BCUT2D eigenvalue weighted by molar-refractivity contribution is 0.264. The van der Waals surface area contributed by atoms with Gasteiger partial charge in [-0.3, -0.25) is 4.99 Å². The molecule has 0 spiro atoms. The number of hydrogen-bond acceptors (Lipinski definition) is 2.